The van der Waals surface area contributed by atoms with Crippen molar-refractivity contribution in [2.75, 3.05) is 5.32 Å². The minimum absolute atomic E-state index is 0.115. The number of carbonyl (C=O) groups excluding carboxylic acids is 1. The van der Waals surface area contributed by atoms with Crippen LogP contribution in [0.1, 0.15) is 73.6 Å². The van der Waals surface area contributed by atoms with E-state index in [1.807, 2.05) is 81.4 Å². The Kier molecular flexibility index (Phi) is 8.65. The van der Waals surface area contributed by atoms with Gasteiger partial charge in [-0.2, -0.15) is 13.2 Å². The van der Waals surface area contributed by atoms with Crippen molar-refractivity contribution in [1.82, 2.24) is 4.90 Å². The predicted octanol–water partition coefficient (Wildman–Crippen LogP) is 9.13. The second-order valence-corrected chi connectivity index (χ2v) is 12.1. The third-order valence-corrected chi connectivity index (χ3v) is 7.91. The lowest BCUT2D eigenvalue weighted by molar-refractivity contribution is -0.164. The molecule has 0 fully saturated rings. The van der Waals surface area contributed by atoms with Crippen molar-refractivity contribution in [3.8, 4) is 0 Å². The minimum atomic E-state index is -4.46. The van der Waals surface area contributed by atoms with Crippen LogP contribution in [0.4, 0.5) is 18.9 Å². The molecule has 4 atom stereocenters. The van der Waals surface area contributed by atoms with E-state index in [0.717, 1.165) is 34.5 Å². The lowest BCUT2D eigenvalue weighted by atomic mass is 9.77. The molecule has 1 aliphatic rings. The molecule has 0 amide bonds. The fourth-order valence-electron chi connectivity index (χ4n) is 5.90. The first-order valence-corrected chi connectivity index (χ1v) is 14.5. The molecular formula is C36H37F3N2O2. The Balaban J connectivity index is 1.70. The Hall–Kier alpha value is -4.10. The van der Waals surface area contributed by atoms with E-state index < -0.39 is 41.3 Å². The second-order valence-electron chi connectivity index (χ2n) is 12.1. The number of carbonyl (C=O) groups is 1. The standard InChI is InChI=1S/C36H37F3N2O2/c1-24(26-15-9-6-10-16-26)41(23-25-13-7-5-8-14-25)33-29-17-11-12-18-30(29)40-32(31(33)34(42)43-35(2,3)4)27-19-21-28(22-20-27)36(37,38)39/h5-22,24,31-33,40H,23H2,1-4H3/t24-,31-,32+,33?/m1/s1. The maximum Gasteiger partial charge on any atom is 0.416 e. The average molecular weight is 587 g/mol. The highest BCUT2D eigenvalue weighted by molar-refractivity contribution is 5.78. The molecule has 0 radical (unpaired) electrons. The third kappa shape index (κ3) is 6.94. The Morgan fingerprint density at radius 3 is 2.02 bits per heavy atom. The van der Waals surface area contributed by atoms with Gasteiger partial charge in [-0.25, -0.2) is 0 Å². The SMILES string of the molecule is C[C@H](c1ccccc1)N(Cc1ccccc1)C1c2ccccc2N[C@@H](c2ccc(C(F)(F)F)cc2)[C@H]1C(=O)OC(C)(C)C. The number of ether oxygens (including phenoxy) is 1. The number of esters is 1. The van der Waals surface area contributed by atoms with Gasteiger partial charge in [0.2, 0.25) is 0 Å². The van der Waals surface area contributed by atoms with Gasteiger partial charge in [-0.3, -0.25) is 9.69 Å². The summed E-state index contributed by atoms with van der Waals surface area (Å²) in [5, 5.41) is 3.51. The van der Waals surface area contributed by atoms with E-state index in [-0.39, 0.29) is 6.04 Å². The van der Waals surface area contributed by atoms with Crippen molar-refractivity contribution < 1.29 is 22.7 Å². The van der Waals surface area contributed by atoms with Crippen LogP contribution in [0.3, 0.4) is 0 Å². The van der Waals surface area contributed by atoms with Crippen LogP contribution in [0.5, 0.6) is 0 Å². The number of hydrogen-bond donors (Lipinski definition) is 1. The Morgan fingerprint density at radius 2 is 1.42 bits per heavy atom. The lowest BCUT2D eigenvalue weighted by Gasteiger charge is -2.47. The fourth-order valence-corrected chi connectivity index (χ4v) is 5.90. The number of nitrogens with zero attached hydrogens (tertiary/aromatic N) is 1. The molecule has 0 saturated carbocycles. The van der Waals surface area contributed by atoms with Gasteiger partial charge in [-0.1, -0.05) is 91.0 Å². The Morgan fingerprint density at radius 1 is 0.837 bits per heavy atom. The number of benzene rings is 4. The van der Waals surface area contributed by atoms with Gasteiger partial charge in [0.15, 0.2) is 0 Å². The zero-order valence-corrected chi connectivity index (χ0v) is 24.8. The average Bonchev–Trinajstić information content (AvgIpc) is 2.98. The minimum Gasteiger partial charge on any atom is -0.460 e. The van der Waals surface area contributed by atoms with Crippen LogP contribution < -0.4 is 5.32 Å². The summed E-state index contributed by atoms with van der Waals surface area (Å²) in [7, 11) is 0. The summed E-state index contributed by atoms with van der Waals surface area (Å²) in [5.74, 6) is -1.19. The smallest absolute Gasteiger partial charge is 0.416 e. The fraction of sp³-hybridized carbons (Fsp3) is 0.306. The van der Waals surface area contributed by atoms with Gasteiger partial charge in [-0.15, -0.1) is 0 Å². The van der Waals surface area contributed by atoms with Crippen LogP contribution in [0, 0.1) is 5.92 Å². The molecular weight excluding hydrogens is 549 g/mol. The number of alkyl halides is 3. The number of nitrogens with one attached hydrogen (secondary N) is 1. The number of hydrogen-bond acceptors (Lipinski definition) is 4. The molecule has 0 spiro atoms. The van der Waals surface area contributed by atoms with E-state index in [4.69, 9.17) is 4.74 Å². The summed E-state index contributed by atoms with van der Waals surface area (Å²) in [6.07, 6.45) is -4.46. The molecule has 4 aromatic rings. The van der Waals surface area contributed by atoms with Crippen LogP contribution in [0.25, 0.3) is 0 Å². The summed E-state index contributed by atoms with van der Waals surface area (Å²) >= 11 is 0. The highest BCUT2D eigenvalue weighted by atomic mass is 19.4. The van der Waals surface area contributed by atoms with Crippen molar-refractivity contribution in [1.29, 1.82) is 0 Å². The molecule has 224 valence electrons. The first-order valence-electron chi connectivity index (χ1n) is 14.5. The summed E-state index contributed by atoms with van der Waals surface area (Å²) in [6.45, 7) is 8.14. The van der Waals surface area contributed by atoms with Gasteiger partial charge in [-0.05, 0) is 68.1 Å². The van der Waals surface area contributed by atoms with Crippen molar-refractivity contribution in [3.63, 3.8) is 0 Å². The molecule has 1 heterocycles. The molecule has 0 saturated heterocycles. The molecule has 0 bridgehead atoms. The second kappa shape index (κ2) is 12.3. The molecule has 1 aliphatic heterocycles. The highest BCUT2D eigenvalue weighted by Gasteiger charge is 2.47. The summed E-state index contributed by atoms with van der Waals surface area (Å²) in [5.41, 5.74) is 3.00. The Bertz CT molecular complexity index is 1520. The topological polar surface area (TPSA) is 41.6 Å². The van der Waals surface area contributed by atoms with Crippen LogP contribution in [0.15, 0.2) is 109 Å². The first kappa shape index (κ1) is 30.4. The number of fused-ring (bicyclic) bond motifs is 1. The van der Waals surface area contributed by atoms with Crippen molar-refractivity contribution in [2.45, 2.75) is 64.1 Å². The van der Waals surface area contributed by atoms with Crippen molar-refractivity contribution in [2.24, 2.45) is 5.92 Å². The largest absolute Gasteiger partial charge is 0.460 e. The quantitative estimate of drug-likeness (QED) is 0.219. The number of rotatable bonds is 7. The number of para-hydroxylation sites is 1. The molecule has 4 nitrogen and oxygen atoms in total. The summed E-state index contributed by atoms with van der Waals surface area (Å²) < 4.78 is 46.5. The maximum absolute atomic E-state index is 14.3. The molecule has 4 aromatic carbocycles. The Labute approximate surface area is 251 Å². The molecule has 43 heavy (non-hydrogen) atoms. The van der Waals surface area contributed by atoms with E-state index in [1.54, 1.807) is 0 Å². The molecule has 7 heteroatoms. The predicted molar refractivity (Wildman–Crippen MR) is 163 cm³/mol. The van der Waals surface area contributed by atoms with E-state index in [0.29, 0.717) is 12.1 Å². The zero-order chi connectivity index (χ0) is 30.8. The normalized spacial score (nSPS) is 19.3. The zero-order valence-electron chi connectivity index (χ0n) is 24.8. The molecule has 1 N–H and O–H groups in total. The molecule has 1 unspecified atom stereocenters. The van der Waals surface area contributed by atoms with E-state index in [2.05, 4.69) is 41.4 Å². The van der Waals surface area contributed by atoms with Gasteiger partial charge < -0.3 is 10.1 Å². The van der Waals surface area contributed by atoms with E-state index in [9.17, 15) is 18.0 Å². The molecule has 5 rings (SSSR count). The highest BCUT2D eigenvalue weighted by Crippen LogP contribution is 2.50. The third-order valence-electron chi connectivity index (χ3n) is 7.91. The van der Waals surface area contributed by atoms with E-state index in [1.165, 1.54) is 12.1 Å². The first-order chi connectivity index (χ1) is 20.4. The van der Waals surface area contributed by atoms with Crippen molar-refractivity contribution in [3.05, 3.63) is 137 Å². The van der Waals surface area contributed by atoms with Gasteiger partial charge in [0.1, 0.15) is 11.5 Å². The van der Waals surface area contributed by atoms with Gasteiger partial charge in [0.05, 0.1) is 17.6 Å². The maximum atomic E-state index is 14.3. The van der Waals surface area contributed by atoms with Crippen LogP contribution >= 0.6 is 0 Å². The van der Waals surface area contributed by atoms with Crippen LogP contribution in [-0.2, 0) is 22.3 Å². The number of halogens is 3. The lowest BCUT2D eigenvalue weighted by Crippen LogP contribution is -2.47. The summed E-state index contributed by atoms with van der Waals surface area (Å²) in [4.78, 5) is 16.6. The molecule has 0 aromatic heterocycles. The van der Waals surface area contributed by atoms with Gasteiger partial charge in [0.25, 0.3) is 0 Å². The molecule has 0 aliphatic carbocycles. The van der Waals surface area contributed by atoms with Crippen molar-refractivity contribution >= 4 is 11.7 Å². The van der Waals surface area contributed by atoms with Crippen LogP contribution in [-0.4, -0.2) is 16.5 Å². The van der Waals surface area contributed by atoms with Crippen LogP contribution in [0.2, 0.25) is 0 Å². The summed E-state index contributed by atoms with van der Waals surface area (Å²) in [6, 6.07) is 31.9. The van der Waals surface area contributed by atoms with Gasteiger partial charge >= 0.3 is 12.1 Å². The monoisotopic (exact) mass is 586 g/mol. The van der Waals surface area contributed by atoms with E-state index >= 15 is 0 Å². The van der Waals surface area contributed by atoms with Gasteiger partial charge in [0, 0.05) is 18.3 Å². The number of anilines is 1.